The lowest BCUT2D eigenvalue weighted by molar-refractivity contribution is 0.0685. The number of anilines is 2. The molecule has 5 nitrogen and oxygen atoms in total. The number of hydrogen-bond acceptors (Lipinski definition) is 5. The summed E-state index contributed by atoms with van der Waals surface area (Å²) in [6, 6.07) is 17.7. The first-order chi connectivity index (χ1) is 13.1. The van der Waals surface area contributed by atoms with Gasteiger partial charge in [0.2, 0.25) is 0 Å². The van der Waals surface area contributed by atoms with Gasteiger partial charge in [0.15, 0.2) is 5.13 Å². The minimum Gasteiger partial charge on any atom is -0.497 e. The van der Waals surface area contributed by atoms with Gasteiger partial charge in [0.25, 0.3) is 5.91 Å². The van der Waals surface area contributed by atoms with Crippen LogP contribution in [0.3, 0.4) is 0 Å². The molecule has 140 valence electrons. The summed E-state index contributed by atoms with van der Waals surface area (Å²) in [4.78, 5) is 19.3. The first kappa shape index (κ1) is 18.9. The van der Waals surface area contributed by atoms with E-state index in [1.165, 1.54) is 11.3 Å². The van der Waals surface area contributed by atoms with Crippen LogP contribution in [-0.2, 0) is 6.54 Å². The molecule has 0 spiro atoms. The van der Waals surface area contributed by atoms with E-state index in [-0.39, 0.29) is 11.9 Å². The number of nitrogens with zero attached hydrogens (tertiary/aromatic N) is 2. The number of aromatic nitrogens is 1. The van der Waals surface area contributed by atoms with Crippen molar-refractivity contribution in [2.24, 2.45) is 0 Å². The lowest BCUT2D eigenvalue weighted by Gasteiger charge is -2.26. The van der Waals surface area contributed by atoms with Crippen molar-refractivity contribution in [3.63, 3.8) is 0 Å². The summed E-state index contributed by atoms with van der Waals surface area (Å²) in [6.45, 7) is 4.60. The minimum absolute atomic E-state index is 0.0621. The number of benzene rings is 2. The number of nitrogens with one attached hydrogen (secondary N) is 1. The molecule has 1 aromatic heterocycles. The van der Waals surface area contributed by atoms with Crippen LogP contribution in [0.1, 0.15) is 29.9 Å². The predicted octanol–water partition coefficient (Wildman–Crippen LogP) is 4.95. The molecule has 0 radical (unpaired) electrons. The van der Waals surface area contributed by atoms with Crippen LogP contribution < -0.4 is 10.1 Å². The van der Waals surface area contributed by atoms with Crippen molar-refractivity contribution < 1.29 is 9.53 Å². The third kappa shape index (κ3) is 4.86. The fraction of sp³-hybridized carbons (Fsp3) is 0.238. The highest BCUT2D eigenvalue weighted by atomic mass is 32.1. The average Bonchev–Trinajstić information content (AvgIpc) is 3.15. The van der Waals surface area contributed by atoms with Crippen LogP contribution in [0.15, 0.2) is 60.0 Å². The van der Waals surface area contributed by atoms with Crippen molar-refractivity contribution >= 4 is 28.1 Å². The summed E-state index contributed by atoms with van der Waals surface area (Å²) >= 11 is 1.42. The number of rotatable bonds is 7. The smallest absolute Gasteiger partial charge is 0.273 e. The van der Waals surface area contributed by atoms with E-state index in [2.05, 4.69) is 10.3 Å². The molecule has 0 unspecified atom stereocenters. The quantitative estimate of drug-likeness (QED) is 0.629. The second kappa shape index (κ2) is 8.68. The van der Waals surface area contributed by atoms with E-state index >= 15 is 0 Å². The minimum atomic E-state index is -0.0621. The Balaban J connectivity index is 1.71. The number of methoxy groups -OCH3 is 1. The topological polar surface area (TPSA) is 54.5 Å². The molecular weight excluding hydrogens is 358 g/mol. The predicted molar refractivity (Wildman–Crippen MR) is 110 cm³/mol. The van der Waals surface area contributed by atoms with Crippen molar-refractivity contribution in [1.29, 1.82) is 0 Å². The van der Waals surface area contributed by atoms with Gasteiger partial charge >= 0.3 is 0 Å². The molecule has 0 aliphatic heterocycles. The highest BCUT2D eigenvalue weighted by Crippen LogP contribution is 2.24. The van der Waals surface area contributed by atoms with Gasteiger partial charge in [-0.25, -0.2) is 4.98 Å². The number of amides is 1. The zero-order chi connectivity index (χ0) is 19.2. The van der Waals surface area contributed by atoms with Gasteiger partial charge in [-0.3, -0.25) is 4.79 Å². The summed E-state index contributed by atoms with van der Waals surface area (Å²) in [7, 11) is 1.64. The fourth-order valence-electron chi connectivity index (χ4n) is 2.64. The van der Waals surface area contributed by atoms with E-state index in [0.29, 0.717) is 17.4 Å². The molecule has 0 atom stereocenters. The van der Waals surface area contributed by atoms with E-state index in [1.807, 2.05) is 73.3 Å². The maximum atomic E-state index is 13.0. The summed E-state index contributed by atoms with van der Waals surface area (Å²) in [5.41, 5.74) is 2.46. The van der Waals surface area contributed by atoms with Crippen LogP contribution in [0, 0.1) is 0 Å². The Morgan fingerprint density at radius 3 is 2.48 bits per heavy atom. The third-order valence-corrected chi connectivity index (χ3v) is 4.90. The largest absolute Gasteiger partial charge is 0.497 e. The molecule has 1 amide bonds. The van der Waals surface area contributed by atoms with Crippen molar-refractivity contribution in [1.82, 2.24) is 9.88 Å². The van der Waals surface area contributed by atoms with Crippen molar-refractivity contribution in [2.45, 2.75) is 26.4 Å². The SMILES string of the molecule is COc1ccc(Nc2nc(C(=O)N(Cc3ccccc3)C(C)C)cs2)cc1. The molecule has 2 aromatic carbocycles. The third-order valence-electron chi connectivity index (χ3n) is 4.14. The van der Waals surface area contributed by atoms with Crippen molar-refractivity contribution in [2.75, 3.05) is 12.4 Å². The lowest BCUT2D eigenvalue weighted by atomic mass is 10.2. The maximum absolute atomic E-state index is 13.0. The van der Waals surface area contributed by atoms with Gasteiger partial charge in [-0.05, 0) is 43.7 Å². The van der Waals surface area contributed by atoms with Gasteiger partial charge in [0.1, 0.15) is 11.4 Å². The van der Waals surface area contributed by atoms with Crippen molar-refractivity contribution in [3.05, 3.63) is 71.2 Å². The summed E-state index contributed by atoms with van der Waals surface area (Å²) in [5, 5.41) is 5.72. The van der Waals surface area contributed by atoms with Gasteiger partial charge in [0.05, 0.1) is 7.11 Å². The number of thiazole rings is 1. The Kier molecular flexibility index (Phi) is 6.08. The number of hydrogen-bond donors (Lipinski definition) is 1. The van der Waals surface area contributed by atoms with E-state index in [1.54, 1.807) is 12.5 Å². The standard InChI is InChI=1S/C21H23N3O2S/c1-15(2)24(13-16-7-5-4-6-8-16)20(25)19-14-27-21(23-19)22-17-9-11-18(26-3)12-10-17/h4-12,14-15H,13H2,1-3H3,(H,22,23). The van der Waals surface area contributed by atoms with Gasteiger partial charge in [-0.15, -0.1) is 11.3 Å². The fourth-order valence-corrected chi connectivity index (χ4v) is 3.35. The molecule has 0 aliphatic carbocycles. The number of ether oxygens (including phenoxy) is 1. The van der Waals surface area contributed by atoms with Crippen molar-refractivity contribution in [3.8, 4) is 5.75 Å². The molecule has 0 saturated heterocycles. The second-order valence-corrected chi connectivity index (χ2v) is 7.26. The van der Waals surface area contributed by atoms with E-state index in [9.17, 15) is 4.79 Å². The van der Waals surface area contributed by atoms with Gasteiger partial charge in [0, 0.05) is 23.7 Å². The molecule has 3 rings (SSSR count). The highest BCUT2D eigenvalue weighted by molar-refractivity contribution is 7.14. The Bertz CT molecular complexity index is 876. The summed E-state index contributed by atoms with van der Waals surface area (Å²) in [6.07, 6.45) is 0. The van der Waals surface area contributed by atoms with Crippen LogP contribution in [0.4, 0.5) is 10.8 Å². The monoisotopic (exact) mass is 381 g/mol. The van der Waals surface area contributed by atoms with E-state index in [0.717, 1.165) is 17.0 Å². The molecular formula is C21H23N3O2S. The molecule has 3 aromatic rings. The van der Waals surface area contributed by atoms with Crippen LogP contribution in [0.2, 0.25) is 0 Å². The summed E-state index contributed by atoms with van der Waals surface area (Å²) < 4.78 is 5.16. The molecule has 27 heavy (non-hydrogen) atoms. The number of carbonyl (C=O) groups is 1. The zero-order valence-electron chi connectivity index (χ0n) is 15.7. The second-order valence-electron chi connectivity index (χ2n) is 6.40. The maximum Gasteiger partial charge on any atom is 0.273 e. The first-order valence-corrected chi connectivity index (χ1v) is 9.66. The van der Waals surface area contributed by atoms with Gasteiger partial charge in [-0.1, -0.05) is 30.3 Å². The van der Waals surface area contributed by atoms with Gasteiger partial charge < -0.3 is 15.0 Å². The normalized spacial score (nSPS) is 10.7. The summed E-state index contributed by atoms with van der Waals surface area (Å²) in [5.74, 6) is 0.733. The van der Waals surface area contributed by atoms with Crippen LogP contribution in [-0.4, -0.2) is 28.9 Å². The molecule has 0 bridgehead atoms. The first-order valence-electron chi connectivity index (χ1n) is 8.78. The zero-order valence-corrected chi connectivity index (χ0v) is 16.5. The molecule has 1 N–H and O–H groups in total. The molecule has 0 fully saturated rings. The molecule has 0 aliphatic rings. The van der Waals surface area contributed by atoms with Crippen LogP contribution in [0.5, 0.6) is 5.75 Å². The lowest BCUT2D eigenvalue weighted by Crippen LogP contribution is -2.36. The van der Waals surface area contributed by atoms with E-state index < -0.39 is 0 Å². The molecule has 6 heteroatoms. The van der Waals surface area contributed by atoms with Crippen LogP contribution in [0.25, 0.3) is 0 Å². The Morgan fingerprint density at radius 2 is 1.85 bits per heavy atom. The average molecular weight is 382 g/mol. The Hall–Kier alpha value is -2.86. The molecule has 0 saturated carbocycles. The van der Waals surface area contributed by atoms with E-state index in [4.69, 9.17) is 4.74 Å². The number of carbonyl (C=O) groups excluding carboxylic acids is 1. The Morgan fingerprint density at radius 1 is 1.15 bits per heavy atom. The highest BCUT2D eigenvalue weighted by Gasteiger charge is 2.21. The van der Waals surface area contributed by atoms with Crippen LogP contribution >= 0.6 is 11.3 Å². The molecule has 1 heterocycles. The Labute approximate surface area is 163 Å². The van der Waals surface area contributed by atoms with Gasteiger partial charge in [-0.2, -0.15) is 0 Å².